The Morgan fingerprint density at radius 2 is 2.15 bits per heavy atom. The van der Waals surface area contributed by atoms with Gasteiger partial charge >= 0.3 is 0 Å². The van der Waals surface area contributed by atoms with E-state index in [2.05, 4.69) is 49.5 Å². The van der Waals surface area contributed by atoms with Crippen molar-refractivity contribution in [3.63, 3.8) is 0 Å². The third-order valence-corrected chi connectivity index (χ3v) is 4.62. The molecule has 0 spiro atoms. The normalized spacial score (nSPS) is 17.9. The van der Waals surface area contributed by atoms with Crippen LogP contribution in [-0.2, 0) is 0 Å². The topological polar surface area (TPSA) is 66.5 Å². The van der Waals surface area contributed by atoms with Gasteiger partial charge in [-0.15, -0.1) is 11.8 Å². The van der Waals surface area contributed by atoms with Crippen LogP contribution in [0.15, 0.2) is 41.8 Å². The van der Waals surface area contributed by atoms with E-state index in [0.717, 1.165) is 23.5 Å². The Kier molecular flexibility index (Phi) is 2.81. The van der Waals surface area contributed by atoms with Gasteiger partial charge in [0, 0.05) is 10.6 Å². The first-order valence-corrected chi connectivity index (χ1v) is 7.53. The Morgan fingerprint density at radius 3 is 3.15 bits per heavy atom. The van der Waals surface area contributed by atoms with Gasteiger partial charge in [0.05, 0.1) is 12.4 Å². The standard InChI is InChI=1S/C14H13N5S/c1-2-4-11-9(3-1)10(5-6-20-11)19-14-12-13(16-7-15-12)17-8-18-14/h1-4,7-8,10H,5-6H2,(H2,15,16,17,18,19). The van der Waals surface area contributed by atoms with Crippen molar-refractivity contribution in [2.24, 2.45) is 0 Å². The lowest BCUT2D eigenvalue weighted by molar-refractivity contribution is 0.725. The SMILES string of the molecule is c1ccc2c(c1)SCCC2Nc1ncnc2nc[nH]c12. The second-order valence-corrected chi connectivity index (χ2v) is 5.83. The van der Waals surface area contributed by atoms with Crippen molar-refractivity contribution in [1.29, 1.82) is 0 Å². The molecule has 5 nitrogen and oxygen atoms in total. The largest absolute Gasteiger partial charge is 0.361 e. The van der Waals surface area contributed by atoms with Crippen LogP contribution in [0.5, 0.6) is 0 Å². The first-order chi connectivity index (χ1) is 9.92. The number of anilines is 1. The molecule has 0 saturated carbocycles. The van der Waals surface area contributed by atoms with Gasteiger partial charge in [0.15, 0.2) is 11.5 Å². The Bertz CT molecular complexity index is 754. The van der Waals surface area contributed by atoms with E-state index >= 15 is 0 Å². The maximum Gasteiger partial charge on any atom is 0.182 e. The van der Waals surface area contributed by atoms with Crippen LogP contribution in [0, 0.1) is 0 Å². The summed E-state index contributed by atoms with van der Waals surface area (Å²) in [5.41, 5.74) is 2.90. The van der Waals surface area contributed by atoms with Crippen molar-refractivity contribution in [3.8, 4) is 0 Å². The number of hydrogen-bond donors (Lipinski definition) is 2. The average molecular weight is 283 g/mol. The fourth-order valence-electron chi connectivity index (χ4n) is 2.53. The molecule has 100 valence electrons. The molecule has 4 rings (SSSR count). The Labute approximate surface area is 120 Å². The molecule has 2 aromatic heterocycles. The van der Waals surface area contributed by atoms with Crippen LogP contribution in [0.1, 0.15) is 18.0 Å². The van der Waals surface area contributed by atoms with Crippen LogP contribution in [0.2, 0.25) is 0 Å². The predicted molar refractivity (Wildman–Crippen MR) is 79.8 cm³/mol. The first-order valence-electron chi connectivity index (χ1n) is 6.54. The number of rotatable bonds is 2. The summed E-state index contributed by atoms with van der Waals surface area (Å²) in [5, 5.41) is 3.53. The number of imidazole rings is 1. The molecule has 1 aliphatic heterocycles. The van der Waals surface area contributed by atoms with E-state index in [4.69, 9.17) is 0 Å². The summed E-state index contributed by atoms with van der Waals surface area (Å²) in [4.78, 5) is 17.1. The Hall–Kier alpha value is -2.08. The minimum absolute atomic E-state index is 0.286. The van der Waals surface area contributed by atoms with Crippen molar-refractivity contribution in [3.05, 3.63) is 42.5 Å². The van der Waals surface area contributed by atoms with E-state index in [0.29, 0.717) is 5.65 Å². The van der Waals surface area contributed by atoms with Crippen molar-refractivity contribution in [2.45, 2.75) is 17.4 Å². The summed E-state index contributed by atoms with van der Waals surface area (Å²) in [7, 11) is 0. The Balaban J connectivity index is 1.72. The predicted octanol–water partition coefficient (Wildman–Crippen LogP) is 3.00. The molecule has 6 heteroatoms. The average Bonchev–Trinajstić information content (AvgIpc) is 2.97. The molecule has 3 heterocycles. The van der Waals surface area contributed by atoms with Gasteiger partial charge in [-0.2, -0.15) is 0 Å². The molecule has 0 saturated heterocycles. The monoisotopic (exact) mass is 283 g/mol. The number of thioether (sulfide) groups is 1. The number of nitrogens with one attached hydrogen (secondary N) is 2. The van der Waals surface area contributed by atoms with E-state index < -0.39 is 0 Å². The number of nitrogens with zero attached hydrogens (tertiary/aromatic N) is 3. The highest BCUT2D eigenvalue weighted by Gasteiger charge is 2.21. The van der Waals surface area contributed by atoms with Gasteiger partial charge in [-0.3, -0.25) is 0 Å². The van der Waals surface area contributed by atoms with Crippen molar-refractivity contribution in [1.82, 2.24) is 19.9 Å². The molecule has 0 aliphatic carbocycles. The zero-order valence-corrected chi connectivity index (χ0v) is 11.5. The number of fused-ring (bicyclic) bond motifs is 2. The highest BCUT2D eigenvalue weighted by atomic mass is 32.2. The van der Waals surface area contributed by atoms with Crippen molar-refractivity contribution >= 4 is 28.7 Å². The fourth-order valence-corrected chi connectivity index (χ4v) is 3.66. The zero-order valence-electron chi connectivity index (χ0n) is 10.7. The number of aromatic nitrogens is 4. The van der Waals surface area contributed by atoms with Gasteiger partial charge in [-0.05, 0) is 18.1 Å². The van der Waals surface area contributed by atoms with E-state index in [-0.39, 0.29) is 6.04 Å². The highest BCUT2D eigenvalue weighted by Crippen LogP contribution is 2.37. The van der Waals surface area contributed by atoms with Crippen LogP contribution in [-0.4, -0.2) is 25.7 Å². The number of H-pyrrole nitrogens is 1. The molecule has 1 atom stereocenters. The highest BCUT2D eigenvalue weighted by molar-refractivity contribution is 7.99. The second kappa shape index (κ2) is 4.79. The molecule has 3 aromatic rings. The molecule has 0 amide bonds. The number of hydrogen-bond acceptors (Lipinski definition) is 5. The zero-order chi connectivity index (χ0) is 13.4. The van der Waals surface area contributed by atoms with E-state index in [1.807, 2.05) is 11.8 Å². The van der Waals surface area contributed by atoms with Crippen LogP contribution < -0.4 is 5.32 Å². The molecule has 0 fully saturated rings. The van der Waals surface area contributed by atoms with E-state index in [1.165, 1.54) is 10.5 Å². The summed E-state index contributed by atoms with van der Waals surface area (Å²) < 4.78 is 0. The minimum atomic E-state index is 0.286. The lowest BCUT2D eigenvalue weighted by Gasteiger charge is -2.26. The summed E-state index contributed by atoms with van der Waals surface area (Å²) in [6.07, 6.45) is 4.28. The van der Waals surface area contributed by atoms with Crippen LogP contribution in [0.25, 0.3) is 11.2 Å². The summed E-state index contributed by atoms with van der Waals surface area (Å²) in [5.74, 6) is 1.94. The molecule has 0 bridgehead atoms. The Morgan fingerprint density at radius 1 is 1.20 bits per heavy atom. The smallest absolute Gasteiger partial charge is 0.182 e. The van der Waals surface area contributed by atoms with Crippen molar-refractivity contribution in [2.75, 3.05) is 11.1 Å². The molecule has 1 unspecified atom stereocenters. The number of benzene rings is 1. The van der Waals surface area contributed by atoms with Gasteiger partial charge in [0.2, 0.25) is 0 Å². The third-order valence-electron chi connectivity index (χ3n) is 3.49. The maximum atomic E-state index is 4.35. The van der Waals surface area contributed by atoms with Gasteiger partial charge in [0.25, 0.3) is 0 Å². The number of aromatic amines is 1. The van der Waals surface area contributed by atoms with Gasteiger partial charge in [0.1, 0.15) is 11.8 Å². The summed E-state index contributed by atoms with van der Waals surface area (Å²) in [6.45, 7) is 0. The van der Waals surface area contributed by atoms with Crippen molar-refractivity contribution < 1.29 is 0 Å². The summed E-state index contributed by atoms with van der Waals surface area (Å²) in [6, 6.07) is 8.83. The molecular weight excluding hydrogens is 270 g/mol. The third kappa shape index (κ3) is 1.92. The lowest BCUT2D eigenvalue weighted by atomic mass is 10.0. The fraction of sp³-hybridized carbons (Fsp3) is 0.214. The second-order valence-electron chi connectivity index (χ2n) is 4.70. The quantitative estimate of drug-likeness (QED) is 0.757. The van der Waals surface area contributed by atoms with E-state index in [1.54, 1.807) is 12.7 Å². The lowest BCUT2D eigenvalue weighted by Crippen LogP contribution is -2.17. The molecule has 1 aliphatic rings. The molecule has 1 aromatic carbocycles. The summed E-state index contributed by atoms with van der Waals surface area (Å²) >= 11 is 1.92. The van der Waals surface area contributed by atoms with Gasteiger partial charge in [-0.25, -0.2) is 15.0 Å². The van der Waals surface area contributed by atoms with Crippen LogP contribution in [0.3, 0.4) is 0 Å². The molecule has 0 radical (unpaired) electrons. The van der Waals surface area contributed by atoms with Crippen LogP contribution in [0.4, 0.5) is 5.82 Å². The van der Waals surface area contributed by atoms with Crippen LogP contribution >= 0.6 is 11.8 Å². The maximum absolute atomic E-state index is 4.35. The van der Waals surface area contributed by atoms with Gasteiger partial charge in [-0.1, -0.05) is 18.2 Å². The molecule has 20 heavy (non-hydrogen) atoms. The first kappa shape index (κ1) is 11.7. The molecule has 2 N–H and O–H groups in total. The molecular formula is C14H13N5S. The minimum Gasteiger partial charge on any atom is -0.361 e. The van der Waals surface area contributed by atoms with Gasteiger partial charge < -0.3 is 10.3 Å². The van der Waals surface area contributed by atoms with E-state index in [9.17, 15) is 0 Å².